The van der Waals surface area contributed by atoms with Gasteiger partial charge in [-0.1, -0.05) is 20.8 Å². The van der Waals surface area contributed by atoms with Gasteiger partial charge in [0.05, 0.1) is 0 Å². The molecule has 0 radical (unpaired) electrons. The third kappa shape index (κ3) is 4.27. The molecule has 0 aromatic carbocycles. The average Bonchev–Trinajstić information content (AvgIpc) is 2.36. The molecule has 0 aliphatic rings. The van der Waals surface area contributed by atoms with Gasteiger partial charge < -0.3 is 10.6 Å². The van der Waals surface area contributed by atoms with E-state index in [0.29, 0.717) is 0 Å². The van der Waals surface area contributed by atoms with Crippen molar-refractivity contribution < 1.29 is 0 Å². The van der Waals surface area contributed by atoms with Crippen molar-refractivity contribution in [2.24, 2.45) is 0 Å². The smallest absolute Gasteiger partial charge is 0.138 e. The Hall–Kier alpha value is -0.970. The van der Waals surface area contributed by atoms with E-state index in [4.69, 9.17) is 4.98 Å². The molecular formula is C15H28N4S. The monoisotopic (exact) mass is 296 g/mol. The minimum atomic E-state index is -0.0647. The Morgan fingerprint density at radius 3 is 2.05 bits per heavy atom. The number of hydrogen-bond acceptors (Lipinski definition) is 5. The second-order valence-corrected chi connectivity index (χ2v) is 8.20. The van der Waals surface area contributed by atoms with E-state index in [-0.39, 0.29) is 10.2 Å². The molecule has 0 aliphatic carbocycles. The number of thioether (sulfide) groups is 1. The maximum absolute atomic E-state index is 4.72. The van der Waals surface area contributed by atoms with Crippen LogP contribution in [-0.4, -0.2) is 34.6 Å². The zero-order valence-corrected chi connectivity index (χ0v) is 14.8. The summed E-state index contributed by atoms with van der Waals surface area (Å²) in [6, 6.07) is 0. The molecule has 0 bridgehead atoms. The minimum Gasteiger partial charge on any atom is -0.373 e. The predicted octanol–water partition coefficient (Wildman–Crippen LogP) is 3.68. The van der Waals surface area contributed by atoms with E-state index in [0.717, 1.165) is 29.6 Å². The first kappa shape index (κ1) is 17.1. The molecule has 4 nitrogen and oxygen atoms in total. The lowest BCUT2D eigenvalue weighted by Crippen LogP contribution is -2.27. The van der Waals surface area contributed by atoms with Gasteiger partial charge >= 0.3 is 0 Å². The van der Waals surface area contributed by atoms with Gasteiger partial charge in [0.1, 0.15) is 17.5 Å². The summed E-state index contributed by atoms with van der Waals surface area (Å²) in [6.07, 6.45) is 2.13. The molecule has 2 N–H and O–H groups in total. The second kappa shape index (κ2) is 6.20. The fourth-order valence-corrected chi connectivity index (χ4v) is 1.85. The van der Waals surface area contributed by atoms with E-state index >= 15 is 0 Å². The molecule has 0 saturated carbocycles. The molecule has 0 unspecified atom stereocenters. The van der Waals surface area contributed by atoms with Gasteiger partial charge in [0, 0.05) is 29.3 Å². The van der Waals surface area contributed by atoms with E-state index in [1.807, 2.05) is 25.7 Å². The van der Waals surface area contributed by atoms with Crippen LogP contribution in [0.1, 0.15) is 46.0 Å². The molecule has 0 atom stereocenters. The van der Waals surface area contributed by atoms with Crippen molar-refractivity contribution in [2.45, 2.75) is 51.7 Å². The molecule has 0 amide bonds. The van der Waals surface area contributed by atoms with Crippen molar-refractivity contribution in [1.82, 2.24) is 9.97 Å². The van der Waals surface area contributed by atoms with Crippen molar-refractivity contribution in [1.29, 1.82) is 0 Å². The summed E-state index contributed by atoms with van der Waals surface area (Å²) in [5.74, 6) is 2.68. The maximum atomic E-state index is 4.72. The number of anilines is 2. The largest absolute Gasteiger partial charge is 0.373 e. The summed E-state index contributed by atoms with van der Waals surface area (Å²) < 4.78 is 0.180. The van der Waals surface area contributed by atoms with E-state index in [9.17, 15) is 0 Å². The zero-order valence-electron chi connectivity index (χ0n) is 14.0. The van der Waals surface area contributed by atoms with Crippen LogP contribution in [0, 0.1) is 6.92 Å². The molecule has 0 fully saturated rings. The van der Waals surface area contributed by atoms with Gasteiger partial charge in [0.15, 0.2) is 0 Å². The predicted molar refractivity (Wildman–Crippen MR) is 91.1 cm³/mol. The van der Waals surface area contributed by atoms with E-state index < -0.39 is 0 Å². The summed E-state index contributed by atoms with van der Waals surface area (Å²) in [7, 11) is 1.90. The van der Waals surface area contributed by atoms with E-state index in [2.05, 4.69) is 56.5 Å². The average molecular weight is 296 g/mol. The van der Waals surface area contributed by atoms with Gasteiger partial charge in [-0.25, -0.2) is 9.97 Å². The van der Waals surface area contributed by atoms with Crippen LogP contribution in [0.15, 0.2) is 0 Å². The first-order valence-electron chi connectivity index (χ1n) is 6.96. The van der Waals surface area contributed by atoms with Crippen LogP contribution in [0.5, 0.6) is 0 Å². The van der Waals surface area contributed by atoms with E-state index in [1.165, 1.54) is 0 Å². The number of aromatic nitrogens is 2. The lowest BCUT2D eigenvalue weighted by atomic mass is 9.95. The van der Waals surface area contributed by atoms with Crippen LogP contribution >= 0.6 is 11.8 Å². The third-order valence-electron chi connectivity index (χ3n) is 3.29. The van der Waals surface area contributed by atoms with Crippen molar-refractivity contribution in [3.8, 4) is 0 Å². The normalized spacial score (nSPS) is 12.4. The summed E-state index contributed by atoms with van der Waals surface area (Å²) >= 11 is 1.85. The van der Waals surface area contributed by atoms with Crippen LogP contribution in [0.3, 0.4) is 0 Å². The number of nitrogens with one attached hydrogen (secondary N) is 2. The quantitative estimate of drug-likeness (QED) is 0.868. The summed E-state index contributed by atoms with van der Waals surface area (Å²) in [6.45, 7) is 13.8. The first-order chi connectivity index (χ1) is 9.10. The van der Waals surface area contributed by atoms with Crippen molar-refractivity contribution >= 4 is 23.4 Å². The lowest BCUT2D eigenvalue weighted by molar-refractivity contribution is 0.546. The Kier molecular flexibility index (Phi) is 5.30. The van der Waals surface area contributed by atoms with Crippen LogP contribution < -0.4 is 10.6 Å². The summed E-state index contributed by atoms with van der Waals surface area (Å²) in [5, 5.41) is 6.64. The number of rotatable bonds is 5. The number of nitrogens with zero attached hydrogens (tertiary/aromatic N) is 2. The van der Waals surface area contributed by atoms with Crippen molar-refractivity contribution in [3.05, 3.63) is 11.4 Å². The van der Waals surface area contributed by atoms with Crippen molar-refractivity contribution in [3.63, 3.8) is 0 Å². The first-order valence-corrected chi connectivity index (χ1v) is 8.19. The third-order valence-corrected chi connectivity index (χ3v) is 4.54. The Balaban J connectivity index is 3.12. The summed E-state index contributed by atoms with van der Waals surface area (Å²) in [5.41, 5.74) is 1.00. The molecule has 1 rings (SSSR count). The Morgan fingerprint density at radius 2 is 1.60 bits per heavy atom. The Labute approximate surface area is 127 Å². The molecular weight excluding hydrogens is 268 g/mol. The summed E-state index contributed by atoms with van der Waals surface area (Å²) in [4.78, 5) is 9.34. The highest BCUT2D eigenvalue weighted by molar-refractivity contribution is 7.99. The van der Waals surface area contributed by atoms with E-state index in [1.54, 1.807) is 0 Å². The SMILES string of the molecule is CNc1nc(C(C)(C)C)nc(NCC(C)(C)SC)c1C. The molecule has 1 aromatic rings. The number of hydrogen-bond donors (Lipinski definition) is 2. The molecule has 1 aromatic heterocycles. The Bertz CT molecular complexity index is 464. The molecule has 0 saturated heterocycles. The minimum absolute atomic E-state index is 0.0647. The molecule has 0 aliphatic heterocycles. The van der Waals surface area contributed by atoms with Gasteiger partial charge in [0.25, 0.3) is 0 Å². The van der Waals surface area contributed by atoms with Crippen LogP contribution in [0.2, 0.25) is 0 Å². The highest BCUT2D eigenvalue weighted by atomic mass is 32.2. The maximum Gasteiger partial charge on any atom is 0.138 e. The van der Waals surface area contributed by atoms with Gasteiger partial charge in [-0.05, 0) is 27.0 Å². The van der Waals surface area contributed by atoms with Crippen molar-refractivity contribution in [2.75, 3.05) is 30.5 Å². The standard InChI is InChI=1S/C15H28N4S/c1-10-11(16-7)18-13(14(2,3)4)19-12(10)17-9-15(5,6)20-8/h9H2,1-8H3,(H2,16,17,18,19). The van der Waals surface area contributed by atoms with Gasteiger partial charge in [-0.15, -0.1) is 0 Å². The highest BCUT2D eigenvalue weighted by Crippen LogP contribution is 2.27. The molecule has 114 valence electrons. The zero-order chi connectivity index (χ0) is 15.6. The van der Waals surface area contributed by atoms with Crippen LogP contribution in [-0.2, 0) is 5.41 Å². The lowest BCUT2D eigenvalue weighted by Gasteiger charge is -2.25. The molecule has 5 heteroatoms. The van der Waals surface area contributed by atoms with Gasteiger partial charge in [-0.2, -0.15) is 11.8 Å². The molecule has 0 spiro atoms. The van der Waals surface area contributed by atoms with Gasteiger partial charge in [0.2, 0.25) is 0 Å². The second-order valence-electron chi connectivity index (χ2n) is 6.69. The van der Waals surface area contributed by atoms with Crippen LogP contribution in [0.4, 0.5) is 11.6 Å². The van der Waals surface area contributed by atoms with Gasteiger partial charge in [-0.3, -0.25) is 0 Å². The fraction of sp³-hybridized carbons (Fsp3) is 0.733. The Morgan fingerprint density at radius 1 is 1.05 bits per heavy atom. The van der Waals surface area contributed by atoms with Crippen LogP contribution in [0.25, 0.3) is 0 Å². The molecule has 20 heavy (non-hydrogen) atoms. The molecule has 1 heterocycles. The highest BCUT2D eigenvalue weighted by Gasteiger charge is 2.22. The topological polar surface area (TPSA) is 49.8 Å². The fourth-order valence-electron chi connectivity index (χ4n) is 1.64.